The van der Waals surface area contributed by atoms with Gasteiger partial charge in [-0.2, -0.15) is 0 Å². The van der Waals surface area contributed by atoms with Crippen molar-refractivity contribution in [3.8, 4) is 0 Å². The molecule has 0 aromatic heterocycles. The van der Waals surface area contributed by atoms with Gasteiger partial charge in [0.15, 0.2) is 0 Å². The van der Waals surface area contributed by atoms with Crippen LogP contribution in [0.15, 0.2) is 0 Å². The summed E-state index contributed by atoms with van der Waals surface area (Å²) < 4.78 is 34.5. The monoisotopic (exact) mass is 479 g/mol. The van der Waals surface area contributed by atoms with E-state index in [0.717, 1.165) is 17.7 Å². The summed E-state index contributed by atoms with van der Waals surface area (Å²) in [5, 5.41) is 24.8. The Morgan fingerprint density at radius 3 is 1.35 bits per heavy atom. The van der Waals surface area contributed by atoms with Gasteiger partial charge in [-0.3, -0.25) is 23.5 Å². The summed E-state index contributed by atoms with van der Waals surface area (Å²) in [5.74, 6) is -3.78. The Bertz CT molecular complexity index is 548. The van der Waals surface area contributed by atoms with Crippen molar-refractivity contribution in [3.63, 3.8) is 0 Å². The standard InChI is InChI=1S/C12H26O4S.C6H9NO6.Na/c1-2-3-4-5-6-7-8-9-10-11-12-16-17(13,14)15;8-4(9)1-7(2-5(10)11)3-6(12)13;/h2-12H2,1H3,(H,13,14,15);1-3H2,(H,8,9)(H,10,11)(H,12,13);/q;;+1/p-1. The van der Waals surface area contributed by atoms with Gasteiger partial charge >= 0.3 is 47.5 Å². The third-order valence-electron chi connectivity index (χ3n) is 3.80. The van der Waals surface area contributed by atoms with E-state index in [1.54, 1.807) is 0 Å². The maximum Gasteiger partial charge on any atom is 1.00 e. The Kier molecular flexibility index (Phi) is 25.2. The van der Waals surface area contributed by atoms with Crippen molar-refractivity contribution in [3.05, 3.63) is 0 Å². The fraction of sp³-hybridized carbons (Fsp3) is 0.833. The minimum atomic E-state index is -4.48. The van der Waals surface area contributed by atoms with Gasteiger partial charge in [0, 0.05) is 0 Å². The van der Waals surface area contributed by atoms with Gasteiger partial charge in [-0.15, -0.1) is 0 Å². The van der Waals surface area contributed by atoms with Gasteiger partial charge in [-0.25, -0.2) is 8.42 Å². The van der Waals surface area contributed by atoms with E-state index in [0.29, 0.717) is 6.42 Å². The number of carbonyl (C=O) groups is 3. The van der Waals surface area contributed by atoms with Gasteiger partial charge in [-0.1, -0.05) is 64.7 Å². The predicted molar refractivity (Wildman–Crippen MR) is 107 cm³/mol. The molecule has 0 saturated heterocycles. The largest absolute Gasteiger partial charge is 1.00 e. The normalized spacial score (nSPS) is 10.7. The summed E-state index contributed by atoms with van der Waals surface area (Å²) in [6.45, 7) is 0.447. The van der Waals surface area contributed by atoms with Gasteiger partial charge < -0.3 is 19.9 Å². The van der Waals surface area contributed by atoms with E-state index >= 15 is 0 Å². The van der Waals surface area contributed by atoms with Crippen molar-refractivity contribution in [2.45, 2.75) is 71.1 Å². The minimum Gasteiger partial charge on any atom is -0.726 e. The predicted octanol–water partition coefficient (Wildman–Crippen LogP) is -1.07. The van der Waals surface area contributed by atoms with Gasteiger partial charge in [0.1, 0.15) is 0 Å². The molecule has 178 valence electrons. The number of nitrogens with zero attached hydrogens (tertiary/aromatic N) is 1. The van der Waals surface area contributed by atoms with Crippen LogP contribution in [0.3, 0.4) is 0 Å². The van der Waals surface area contributed by atoms with E-state index in [4.69, 9.17) is 15.3 Å². The van der Waals surface area contributed by atoms with E-state index in [9.17, 15) is 27.4 Å². The molecule has 31 heavy (non-hydrogen) atoms. The van der Waals surface area contributed by atoms with Crippen molar-refractivity contribution in [1.29, 1.82) is 0 Å². The Morgan fingerprint density at radius 2 is 1.06 bits per heavy atom. The molecule has 0 aliphatic rings. The van der Waals surface area contributed by atoms with Crippen LogP contribution in [0.1, 0.15) is 71.1 Å². The first kappa shape index (κ1) is 34.8. The number of carboxylic acids is 3. The van der Waals surface area contributed by atoms with E-state index < -0.39 is 47.9 Å². The molecule has 0 saturated carbocycles. The molecular formula is C18H34NNaO10S. The Labute approximate surface area is 206 Å². The number of hydrogen-bond donors (Lipinski definition) is 3. The molecule has 0 aromatic rings. The summed E-state index contributed by atoms with van der Waals surface area (Å²) in [7, 11) is -4.48. The molecule has 0 fully saturated rings. The second-order valence-electron chi connectivity index (χ2n) is 6.74. The van der Waals surface area contributed by atoms with E-state index in [2.05, 4.69) is 11.1 Å². The van der Waals surface area contributed by atoms with Crippen LogP contribution in [0.2, 0.25) is 0 Å². The SMILES string of the molecule is CCCCCCCCCCCCOS(=O)(=O)[O-].O=C(O)CN(CC(=O)O)CC(=O)O.[Na+]. The topological polar surface area (TPSA) is 182 Å². The second kappa shape index (κ2) is 22.4. The molecule has 0 heterocycles. The molecule has 13 heteroatoms. The van der Waals surface area contributed by atoms with Crippen molar-refractivity contribution in [2.75, 3.05) is 26.2 Å². The summed E-state index contributed by atoms with van der Waals surface area (Å²) in [6, 6.07) is 0. The number of aliphatic carboxylic acids is 3. The van der Waals surface area contributed by atoms with Crippen LogP contribution < -0.4 is 29.6 Å². The fourth-order valence-corrected chi connectivity index (χ4v) is 2.81. The third-order valence-corrected chi connectivity index (χ3v) is 4.26. The summed E-state index contributed by atoms with van der Waals surface area (Å²) in [4.78, 5) is 31.2. The van der Waals surface area contributed by atoms with E-state index in [1.807, 2.05) is 0 Å². The molecule has 0 aliphatic heterocycles. The number of rotatable bonds is 18. The van der Waals surface area contributed by atoms with Crippen LogP contribution in [0.4, 0.5) is 0 Å². The summed E-state index contributed by atoms with van der Waals surface area (Å²) in [5.41, 5.74) is 0. The van der Waals surface area contributed by atoms with Crippen LogP contribution >= 0.6 is 0 Å². The van der Waals surface area contributed by atoms with Crippen molar-refractivity contribution in [1.82, 2.24) is 4.90 Å². The van der Waals surface area contributed by atoms with Crippen LogP contribution in [0, 0.1) is 0 Å². The minimum absolute atomic E-state index is 0. The zero-order chi connectivity index (χ0) is 23.4. The van der Waals surface area contributed by atoms with E-state index in [1.165, 1.54) is 44.9 Å². The van der Waals surface area contributed by atoms with Crippen molar-refractivity contribution < 1.29 is 76.4 Å². The van der Waals surface area contributed by atoms with Crippen LogP contribution in [-0.2, 0) is 29.0 Å². The van der Waals surface area contributed by atoms with Crippen LogP contribution in [0.25, 0.3) is 0 Å². The quantitative estimate of drug-likeness (QED) is 0.0942. The van der Waals surface area contributed by atoms with Crippen LogP contribution in [0.5, 0.6) is 0 Å². The third kappa shape index (κ3) is 34.1. The first-order chi connectivity index (χ1) is 14.0. The van der Waals surface area contributed by atoms with Crippen molar-refractivity contribution >= 4 is 28.3 Å². The zero-order valence-corrected chi connectivity index (χ0v) is 21.3. The second-order valence-corrected chi connectivity index (χ2v) is 7.79. The first-order valence-corrected chi connectivity index (χ1v) is 11.3. The van der Waals surface area contributed by atoms with Crippen molar-refractivity contribution in [2.24, 2.45) is 0 Å². The maximum absolute atomic E-state index is 10.1. The maximum atomic E-state index is 10.1. The van der Waals surface area contributed by atoms with Crippen LogP contribution in [-0.4, -0.2) is 77.3 Å². The summed E-state index contributed by atoms with van der Waals surface area (Å²) in [6.07, 6.45) is 11.7. The van der Waals surface area contributed by atoms with Gasteiger partial charge in [0.25, 0.3) is 0 Å². The molecule has 0 rings (SSSR count). The fourth-order valence-electron chi connectivity index (χ4n) is 2.49. The molecule has 0 amide bonds. The number of carboxylic acid groups (broad SMARTS) is 3. The number of unbranched alkanes of at least 4 members (excludes halogenated alkanes) is 9. The zero-order valence-electron chi connectivity index (χ0n) is 18.5. The first-order valence-electron chi connectivity index (χ1n) is 9.95. The molecule has 0 radical (unpaired) electrons. The molecule has 0 unspecified atom stereocenters. The van der Waals surface area contributed by atoms with Gasteiger partial charge in [0.2, 0.25) is 10.4 Å². The Balaban J connectivity index is -0.000000507. The average Bonchev–Trinajstić information content (AvgIpc) is 2.57. The molecule has 0 aliphatic carbocycles. The molecule has 0 aromatic carbocycles. The van der Waals surface area contributed by atoms with E-state index in [-0.39, 0.29) is 36.2 Å². The molecular weight excluding hydrogens is 445 g/mol. The Hall–Kier alpha value is -0.760. The number of hydrogen-bond acceptors (Lipinski definition) is 8. The summed E-state index contributed by atoms with van der Waals surface area (Å²) >= 11 is 0. The molecule has 0 bridgehead atoms. The average molecular weight is 480 g/mol. The molecule has 3 N–H and O–H groups in total. The molecule has 0 atom stereocenters. The Morgan fingerprint density at radius 1 is 0.742 bits per heavy atom. The molecule has 0 spiro atoms. The molecule has 11 nitrogen and oxygen atoms in total. The smallest absolute Gasteiger partial charge is 0.726 e. The van der Waals surface area contributed by atoms with Gasteiger partial charge in [-0.05, 0) is 6.42 Å². The van der Waals surface area contributed by atoms with Gasteiger partial charge in [0.05, 0.1) is 26.2 Å².